The number of hydrogen-bond acceptors (Lipinski definition) is 3. The summed E-state index contributed by atoms with van der Waals surface area (Å²) in [6.45, 7) is 0.252. The van der Waals surface area contributed by atoms with Crippen molar-refractivity contribution in [2.75, 3.05) is 7.05 Å². The van der Waals surface area contributed by atoms with Gasteiger partial charge in [0.05, 0.1) is 16.6 Å². The van der Waals surface area contributed by atoms with Gasteiger partial charge in [0.2, 0.25) is 0 Å². The summed E-state index contributed by atoms with van der Waals surface area (Å²) in [5.41, 5.74) is 8.12. The summed E-state index contributed by atoms with van der Waals surface area (Å²) < 4.78 is 1.40. The molecule has 1 amide bonds. The van der Waals surface area contributed by atoms with Crippen molar-refractivity contribution in [3.8, 4) is 0 Å². The van der Waals surface area contributed by atoms with E-state index in [9.17, 15) is 9.59 Å². The minimum atomic E-state index is -0.598. The van der Waals surface area contributed by atoms with Gasteiger partial charge in [0, 0.05) is 13.2 Å². The van der Waals surface area contributed by atoms with Gasteiger partial charge in [0.15, 0.2) is 5.11 Å². The van der Waals surface area contributed by atoms with Crippen LogP contribution >= 0.6 is 35.4 Å². The number of carbonyl (C=O) groups is 1. The molecule has 0 spiro atoms. The number of aromatic nitrogens is 1. The van der Waals surface area contributed by atoms with Crippen molar-refractivity contribution in [1.29, 1.82) is 0 Å². The molecule has 6 nitrogen and oxygen atoms in total. The molecule has 24 heavy (non-hydrogen) atoms. The second kappa shape index (κ2) is 7.65. The number of nitrogens with zero attached hydrogens (tertiary/aromatic N) is 2. The number of thiocarbonyl (C=S) groups is 1. The Morgan fingerprint density at radius 1 is 1.33 bits per heavy atom. The van der Waals surface area contributed by atoms with Crippen LogP contribution in [0.4, 0.5) is 0 Å². The smallest absolute Gasteiger partial charge is 0.275 e. The number of hydrogen-bond donors (Lipinski definition) is 2. The van der Waals surface area contributed by atoms with E-state index in [0.717, 1.165) is 10.6 Å². The monoisotopic (exact) mass is 384 g/mol. The SMILES string of the molecule is CN(NC(=O)c1cccn(Cc2ccc(Cl)c(Cl)c2)c1=O)C(N)=S. The van der Waals surface area contributed by atoms with Gasteiger partial charge in [-0.25, -0.2) is 0 Å². The van der Waals surface area contributed by atoms with Crippen LogP contribution in [0.1, 0.15) is 15.9 Å². The van der Waals surface area contributed by atoms with Gasteiger partial charge in [-0.05, 0) is 42.0 Å². The second-order valence-electron chi connectivity index (χ2n) is 4.94. The van der Waals surface area contributed by atoms with Crippen molar-refractivity contribution in [2.45, 2.75) is 6.54 Å². The molecule has 0 aliphatic rings. The molecule has 0 aliphatic heterocycles. The van der Waals surface area contributed by atoms with Crippen molar-refractivity contribution in [3.05, 3.63) is 68.1 Å². The average Bonchev–Trinajstić information content (AvgIpc) is 2.52. The molecule has 0 saturated heterocycles. The highest BCUT2D eigenvalue weighted by Crippen LogP contribution is 2.22. The van der Waals surface area contributed by atoms with Crippen LogP contribution in [0.15, 0.2) is 41.3 Å². The molecule has 0 atom stereocenters. The van der Waals surface area contributed by atoms with Crippen LogP contribution in [-0.4, -0.2) is 27.6 Å². The van der Waals surface area contributed by atoms with Crippen LogP contribution in [0.5, 0.6) is 0 Å². The molecular formula is C15H14Cl2N4O2S. The number of hydrazine groups is 1. The van der Waals surface area contributed by atoms with Gasteiger partial charge in [0.25, 0.3) is 11.5 Å². The van der Waals surface area contributed by atoms with Crippen LogP contribution in [0.25, 0.3) is 0 Å². The van der Waals surface area contributed by atoms with Crippen molar-refractivity contribution in [3.63, 3.8) is 0 Å². The Hall–Kier alpha value is -2.09. The largest absolute Gasteiger partial charge is 0.375 e. The van der Waals surface area contributed by atoms with Gasteiger partial charge in [-0.3, -0.25) is 20.0 Å². The highest BCUT2D eigenvalue weighted by atomic mass is 35.5. The average molecular weight is 385 g/mol. The van der Waals surface area contributed by atoms with Crippen molar-refractivity contribution < 1.29 is 4.79 Å². The maximum absolute atomic E-state index is 12.5. The fourth-order valence-electron chi connectivity index (χ4n) is 1.94. The Morgan fingerprint density at radius 2 is 2.04 bits per heavy atom. The van der Waals surface area contributed by atoms with E-state index in [1.54, 1.807) is 30.5 Å². The summed E-state index contributed by atoms with van der Waals surface area (Å²) in [5, 5.41) is 1.97. The summed E-state index contributed by atoms with van der Waals surface area (Å²) in [6, 6.07) is 8.11. The van der Waals surface area contributed by atoms with Gasteiger partial charge >= 0.3 is 0 Å². The number of rotatable bonds is 3. The van der Waals surface area contributed by atoms with Gasteiger partial charge in [0.1, 0.15) is 5.56 Å². The first-order valence-corrected chi connectivity index (χ1v) is 7.93. The Morgan fingerprint density at radius 3 is 2.67 bits per heavy atom. The maximum Gasteiger partial charge on any atom is 0.275 e. The van der Waals surface area contributed by atoms with Gasteiger partial charge in [-0.15, -0.1) is 0 Å². The van der Waals surface area contributed by atoms with E-state index in [2.05, 4.69) is 5.43 Å². The fraction of sp³-hybridized carbons (Fsp3) is 0.133. The molecule has 126 valence electrons. The minimum absolute atomic E-state index is 0.0181. The van der Waals surface area contributed by atoms with Crippen LogP contribution in [0.2, 0.25) is 10.0 Å². The van der Waals surface area contributed by atoms with E-state index >= 15 is 0 Å². The minimum Gasteiger partial charge on any atom is -0.375 e. The lowest BCUT2D eigenvalue weighted by molar-refractivity contribution is 0.0885. The number of nitrogens with two attached hydrogens (primary N) is 1. The Balaban J connectivity index is 2.27. The van der Waals surface area contributed by atoms with E-state index in [0.29, 0.717) is 10.0 Å². The number of benzene rings is 1. The lowest BCUT2D eigenvalue weighted by Gasteiger charge is -2.17. The number of halogens is 2. The summed E-state index contributed by atoms with van der Waals surface area (Å²) in [4.78, 5) is 24.6. The van der Waals surface area contributed by atoms with E-state index in [1.807, 2.05) is 0 Å². The molecule has 0 fully saturated rings. The van der Waals surface area contributed by atoms with Gasteiger partial charge in [-0.2, -0.15) is 0 Å². The molecule has 1 aromatic heterocycles. The topological polar surface area (TPSA) is 80.4 Å². The predicted octanol–water partition coefficient (Wildman–Crippen LogP) is 2.02. The lowest BCUT2D eigenvalue weighted by Crippen LogP contribution is -2.47. The molecule has 0 bridgehead atoms. The predicted molar refractivity (Wildman–Crippen MR) is 98.3 cm³/mol. The zero-order valence-corrected chi connectivity index (χ0v) is 15.0. The van der Waals surface area contributed by atoms with Crippen molar-refractivity contribution in [1.82, 2.24) is 15.0 Å². The third-order valence-corrected chi connectivity index (χ3v) is 4.21. The Bertz CT molecular complexity index is 854. The zero-order valence-electron chi connectivity index (χ0n) is 12.6. The van der Waals surface area contributed by atoms with E-state index in [4.69, 9.17) is 41.2 Å². The quantitative estimate of drug-likeness (QED) is 0.624. The fourth-order valence-corrected chi connectivity index (χ4v) is 2.30. The standard InChI is InChI=1S/C15H14Cl2N4O2S/c1-20(15(18)24)19-13(22)10-3-2-6-21(14(10)23)8-9-4-5-11(16)12(17)7-9/h2-7H,8H2,1H3,(H2,18,24)(H,19,22). The molecular weight excluding hydrogens is 371 g/mol. The van der Waals surface area contributed by atoms with Gasteiger partial charge in [-0.1, -0.05) is 29.3 Å². The third kappa shape index (κ3) is 4.25. The summed E-state index contributed by atoms with van der Waals surface area (Å²) in [6.07, 6.45) is 1.58. The van der Waals surface area contributed by atoms with Crippen molar-refractivity contribution >= 4 is 46.4 Å². The first-order valence-electron chi connectivity index (χ1n) is 6.77. The van der Waals surface area contributed by atoms with Crippen LogP contribution in [0.3, 0.4) is 0 Å². The Kier molecular flexibility index (Phi) is 5.82. The van der Waals surface area contributed by atoms with Crippen molar-refractivity contribution in [2.24, 2.45) is 5.73 Å². The zero-order chi connectivity index (χ0) is 17.9. The molecule has 0 saturated carbocycles. The van der Waals surface area contributed by atoms with Crippen LogP contribution < -0.4 is 16.7 Å². The highest BCUT2D eigenvalue weighted by molar-refractivity contribution is 7.80. The molecule has 2 aromatic rings. The number of pyridine rings is 1. The molecule has 2 rings (SSSR count). The van der Waals surface area contributed by atoms with Crippen LogP contribution in [0, 0.1) is 0 Å². The molecule has 9 heteroatoms. The molecule has 1 heterocycles. The van der Waals surface area contributed by atoms with E-state index in [-0.39, 0.29) is 17.2 Å². The molecule has 0 aliphatic carbocycles. The summed E-state index contributed by atoms with van der Waals surface area (Å²) in [5.74, 6) is -0.598. The molecule has 3 N–H and O–H groups in total. The van der Waals surface area contributed by atoms with Gasteiger partial charge < -0.3 is 10.3 Å². The summed E-state index contributed by atoms with van der Waals surface area (Å²) in [7, 11) is 1.48. The highest BCUT2D eigenvalue weighted by Gasteiger charge is 2.14. The molecule has 1 aromatic carbocycles. The lowest BCUT2D eigenvalue weighted by atomic mass is 10.2. The summed E-state index contributed by atoms with van der Waals surface area (Å²) >= 11 is 16.6. The second-order valence-corrected chi connectivity index (χ2v) is 6.17. The normalized spacial score (nSPS) is 10.3. The molecule has 0 radical (unpaired) electrons. The first kappa shape index (κ1) is 18.3. The third-order valence-electron chi connectivity index (χ3n) is 3.20. The first-order chi connectivity index (χ1) is 11.3. The number of amides is 1. The molecule has 0 unspecified atom stereocenters. The number of carbonyl (C=O) groups excluding carboxylic acids is 1. The van der Waals surface area contributed by atoms with Crippen LogP contribution in [-0.2, 0) is 6.54 Å². The van der Waals surface area contributed by atoms with E-state index < -0.39 is 11.5 Å². The number of nitrogens with one attached hydrogen (secondary N) is 1. The Labute approximate surface area is 153 Å². The van der Waals surface area contributed by atoms with E-state index in [1.165, 1.54) is 17.7 Å². The maximum atomic E-state index is 12.5.